The van der Waals surface area contributed by atoms with Crippen LogP contribution in [-0.2, 0) is 6.42 Å². The van der Waals surface area contributed by atoms with Crippen molar-refractivity contribution in [2.75, 3.05) is 0 Å². The average molecular weight is 298 g/mol. The zero-order chi connectivity index (χ0) is 15.9. The number of carbonyl (C=O) groups is 1. The fraction of sp³-hybridized carbons (Fsp3) is 0.188. The molecule has 0 bridgehead atoms. The summed E-state index contributed by atoms with van der Waals surface area (Å²) in [5.41, 5.74) is 2.96. The monoisotopic (exact) mass is 298 g/mol. The second-order valence-electron chi connectivity index (χ2n) is 5.11. The summed E-state index contributed by atoms with van der Waals surface area (Å²) in [6.45, 7) is 3.58. The molecule has 0 N–H and O–H groups in total. The van der Waals surface area contributed by atoms with Crippen molar-refractivity contribution in [1.82, 2.24) is 14.6 Å². The van der Waals surface area contributed by atoms with Crippen molar-refractivity contribution in [3.8, 4) is 0 Å². The summed E-state index contributed by atoms with van der Waals surface area (Å²) in [6.07, 6.45) is 1.59. The molecule has 0 atom stereocenters. The molecule has 0 saturated carbocycles. The average Bonchev–Trinajstić information content (AvgIpc) is 2.89. The number of fused-ring (bicyclic) bond motifs is 1. The maximum absolute atomic E-state index is 13.8. The van der Waals surface area contributed by atoms with Crippen LogP contribution in [0.2, 0.25) is 0 Å². The Morgan fingerprint density at radius 3 is 2.73 bits per heavy atom. The van der Waals surface area contributed by atoms with Gasteiger partial charge in [-0.25, -0.2) is 13.9 Å². The number of halogens is 1. The molecular weight excluding hydrogens is 285 g/mol. The highest BCUT2D eigenvalue weighted by atomic mass is 19.1. The van der Waals surface area contributed by atoms with E-state index in [4.69, 9.17) is 0 Å². The Bertz CT molecular complexity index is 886. The molecule has 0 amide bonds. The van der Waals surface area contributed by atoms with Crippen LogP contribution in [0.4, 0.5) is 4.39 Å². The molecule has 0 saturated heterocycles. The highest BCUT2D eigenvalue weighted by Gasteiger charge is 2.15. The molecule has 1 aromatic carbocycles. The van der Waals surface area contributed by atoms with Gasteiger partial charge in [-0.3, -0.25) is 0 Å². The van der Waals surface area contributed by atoms with Gasteiger partial charge >= 0.3 is 0 Å². The van der Waals surface area contributed by atoms with Gasteiger partial charge in [0.2, 0.25) is 0 Å². The fourth-order valence-corrected chi connectivity index (χ4v) is 2.54. The van der Waals surface area contributed by atoms with Crippen LogP contribution in [0.25, 0.3) is 5.65 Å². The van der Waals surface area contributed by atoms with Crippen LogP contribution in [0.5, 0.6) is 0 Å². The van der Waals surface area contributed by atoms with Gasteiger partial charge in [-0.15, -0.1) is 0 Å². The standard InChI is InChI=1S/C16H14FN3O2/c1-9-12(7-11-5-3-4-6-14(11)17)10(2)20-15(19-9)13(8-18-20)16(21)22/h3-6,8H,7H2,1-2H3,(H,21,22)/p-1. The van der Waals surface area contributed by atoms with Crippen molar-refractivity contribution in [3.63, 3.8) is 0 Å². The van der Waals surface area contributed by atoms with E-state index < -0.39 is 5.97 Å². The smallest absolute Gasteiger partial charge is 0.164 e. The van der Waals surface area contributed by atoms with Crippen molar-refractivity contribution >= 4 is 11.6 Å². The SMILES string of the molecule is Cc1nc2c(C(=O)[O-])cnn2c(C)c1Cc1ccccc1F. The summed E-state index contributed by atoms with van der Waals surface area (Å²) in [5, 5.41) is 15.1. The summed E-state index contributed by atoms with van der Waals surface area (Å²) in [6, 6.07) is 6.54. The Hall–Kier alpha value is -2.76. The van der Waals surface area contributed by atoms with Gasteiger partial charge in [0.05, 0.1) is 17.7 Å². The van der Waals surface area contributed by atoms with Gasteiger partial charge in [-0.05, 0) is 31.0 Å². The van der Waals surface area contributed by atoms with Crippen molar-refractivity contribution in [2.24, 2.45) is 0 Å². The molecule has 0 spiro atoms. The number of carbonyl (C=O) groups excluding carboxylic acids is 1. The summed E-state index contributed by atoms with van der Waals surface area (Å²) in [7, 11) is 0. The van der Waals surface area contributed by atoms with E-state index in [0.29, 0.717) is 17.7 Å². The van der Waals surface area contributed by atoms with Crippen LogP contribution in [-0.4, -0.2) is 20.6 Å². The number of aromatic carboxylic acids is 1. The Balaban J connectivity index is 2.15. The first kappa shape index (κ1) is 14.2. The Morgan fingerprint density at radius 2 is 2.05 bits per heavy atom. The molecule has 0 fully saturated rings. The minimum atomic E-state index is -1.32. The molecule has 22 heavy (non-hydrogen) atoms. The third-order valence-corrected chi connectivity index (χ3v) is 3.75. The van der Waals surface area contributed by atoms with E-state index in [1.165, 1.54) is 16.8 Å². The number of hydrogen-bond donors (Lipinski definition) is 0. The molecule has 0 radical (unpaired) electrons. The Morgan fingerprint density at radius 1 is 1.32 bits per heavy atom. The van der Waals surface area contributed by atoms with E-state index in [1.807, 2.05) is 6.92 Å². The number of benzene rings is 1. The molecule has 112 valence electrons. The van der Waals surface area contributed by atoms with E-state index in [1.54, 1.807) is 25.1 Å². The minimum absolute atomic E-state index is 0.0522. The lowest BCUT2D eigenvalue weighted by Crippen LogP contribution is -2.22. The van der Waals surface area contributed by atoms with Gasteiger partial charge in [0.1, 0.15) is 5.82 Å². The van der Waals surface area contributed by atoms with Gasteiger partial charge in [0.15, 0.2) is 5.65 Å². The number of nitrogens with zero attached hydrogens (tertiary/aromatic N) is 3. The number of rotatable bonds is 3. The lowest BCUT2D eigenvalue weighted by atomic mass is 10.0. The summed E-state index contributed by atoms with van der Waals surface area (Å²) in [5.74, 6) is -1.60. The lowest BCUT2D eigenvalue weighted by molar-refractivity contribution is -0.254. The molecule has 2 heterocycles. The maximum atomic E-state index is 13.8. The second kappa shape index (κ2) is 5.22. The third-order valence-electron chi connectivity index (χ3n) is 3.75. The first-order chi connectivity index (χ1) is 10.5. The van der Waals surface area contributed by atoms with Gasteiger partial charge in [-0.1, -0.05) is 18.2 Å². The summed E-state index contributed by atoms with van der Waals surface area (Å²) in [4.78, 5) is 15.4. The summed E-state index contributed by atoms with van der Waals surface area (Å²) < 4.78 is 15.3. The second-order valence-corrected chi connectivity index (χ2v) is 5.11. The van der Waals surface area contributed by atoms with Crippen LogP contribution in [0.15, 0.2) is 30.5 Å². The number of carboxylic acid groups (broad SMARTS) is 1. The molecule has 6 heteroatoms. The van der Waals surface area contributed by atoms with E-state index in [2.05, 4.69) is 10.1 Å². The van der Waals surface area contributed by atoms with Crippen molar-refractivity contribution in [3.05, 3.63) is 64.4 Å². The highest BCUT2D eigenvalue weighted by molar-refractivity contribution is 5.92. The highest BCUT2D eigenvalue weighted by Crippen LogP contribution is 2.21. The largest absolute Gasteiger partial charge is 0.545 e. The van der Waals surface area contributed by atoms with E-state index in [0.717, 1.165) is 11.3 Å². The van der Waals surface area contributed by atoms with Gasteiger partial charge < -0.3 is 9.90 Å². The molecular formula is C16H13FN3O2-. The maximum Gasteiger partial charge on any atom is 0.164 e. The predicted molar refractivity (Wildman–Crippen MR) is 76.0 cm³/mol. The zero-order valence-electron chi connectivity index (χ0n) is 12.1. The summed E-state index contributed by atoms with van der Waals surface area (Å²) >= 11 is 0. The molecule has 3 aromatic rings. The molecule has 0 aliphatic heterocycles. The van der Waals surface area contributed by atoms with E-state index >= 15 is 0 Å². The number of aromatic nitrogens is 3. The first-order valence-corrected chi connectivity index (χ1v) is 6.77. The molecule has 0 aliphatic carbocycles. The van der Waals surface area contributed by atoms with Crippen molar-refractivity contribution < 1.29 is 14.3 Å². The van der Waals surface area contributed by atoms with Crippen LogP contribution in [0, 0.1) is 19.7 Å². The van der Waals surface area contributed by atoms with Crippen LogP contribution in [0.1, 0.15) is 32.9 Å². The van der Waals surface area contributed by atoms with E-state index in [-0.39, 0.29) is 17.0 Å². The Labute approximate surface area is 126 Å². The number of aryl methyl sites for hydroxylation is 2. The normalized spacial score (nSPS) is 11.0. The molecule has 0 aliphatic rings. The quantitative estimate of drug-likeness (QED) is 0.733. The lowest BCUT2D eigenvalue weighted by Gasteiger charge is -2.12. The molecule has 3 rings (SSSR count). The molecule has 5 nitrogen and oxygen atoms in total. The van der Waals surface area contributed by atoms with Gasteiger partial charge in [0, 0.05) is 17.8 Å². The van der Waals surface area contributed by atoms with Crippen molar-refractivity contribution in [1.29, 1.82) is 0 Å². The van der Waals surface area contributed by atoms with Crippen LogP contribution < -0.4 is 5.11 Å². The minimum Gasteiger partial charge on any atom is -0.545 e. The van der Waals surface area contributed by atoms with Gasteiger partial charge in [0.25, 0.3) is 0 Å². The Kier molecular flexibility index (Phi) is 3.36. The predicted octanol–water partition coefficient (Wildman–Crippen LogP) is 1.44. The zero-order valence-corrected chi connectivity index (χ0v) is 12.1. The molecule has 2 aromatic heterocycles. The first-order valence-electron chi connectivity index (χ1n) is 6.77. The van der Waals surface area contributed by atoms with Gasteiger partial charge in [-0.2, -0.15) is 5.10 Å². The van der Waals surface area contributed by atoms with Crippen LogP contribution in [0.3, 0.4) is 0 Å². The van der Waals surface area contributed by atoms with E-state index in [9.17, 15) is 14.3 Å². The molecule has 0 unspecified atom stereocenters. The third kappa shape index (κ3) is 2.22. The number of hydrogen-bond acceptors (Lipinski definition) is 4. The van der Waals surface area contributed by atoms with Crippen molar-refractivity contribution in [2.45, 2.75) is 20.3 Å². The fourth-order valence-electron chi connectivity index (χ4n) is 2.54. The topological polar surface area (TPSA) is 70.3 Å². The van der Waals surface area contributed by atoms with Crippen LogP contribution >= 0.6 is 0 Å². The number of carboxylic acids is 1.